The number of imide groups is 1. The molecule has 2 aromatic rings. The van der Waals surface area contributed by atoms with E-state index in [2.05, 4.69) is 45.7 Å². The number of hydrazine groups is 1. The van der Waals surface area contributed by atoms with Crippen molar-refractivity contribution in [2.45, 2.75) is 82.3 Å². The van der Waals surface area contributed by atoms with Gasteiger partial charge in [-0.2, -0.15) is 5.01 Å². The second kappa shape index (κ2) is 8.44. The maximum atomic E-state index is 13.4. The van der Waals surface area contributed by atoms with E-state index < -0.39 is 20.0 Å². The number of carbonyl (C=O) groups is 2. The molecule has 35 heavy (non-hydrogen) atoms. The van der Waals surface area contributed by atoms with E-state index in [4.69, 9.17) is 4.43 Å². The number of rotatable bonds is 4. The summed E-state index contributed by atoms with van der Waals surface area (Å²) in [6.07, 6.45) is 3.50. The Morgan fingerprint density at radius 3 is 2.17 bits per heavy atom. The zero-order valence-corrected chi connectivity index (χ0v) is 22.3. The molecule has 0 N–H and O–H groups in total. The summed E-state index contributed by atoms with van der Waals surface area (Å²) in [5.41, 5.74) is 1.43. The van der Waals surface area contributed by atoms with Crippen molar-refractivity contribution in [2.75, 3.05) is 0 Å². The Kier molecular flexibility index (Phi) is 5.79. The summed E-state index contributed by atoms with van der Waals surface area (Å²) in [5, 5.41) is 3.44. The van der Waals surface area contributed by atoms with Gasteiger partial charge in [-0.15, -0.1) is 0 Å². The molecular weight excluding hydrogens is 452 g/mol. The van der Waals surface area contributed by atoms with Crippen LogP contribution in [0.1, 0.15) is 72.7 Å². The summed E-state index contributed by atoms with van der Waals surface area (Å²) >= 11 is 0. The topological polar surface area (TPSA) is 49.6 Å². The van der Waals surface area contributed by atoms with E-state index in [1.165, 1.54) is 5.01 Å². The van der Waals surface area contributed by atoms with Gasteiger partial charge in [0.15, 0.2) is 8.32 Å². The van der Waals surface area contributed by atoms with Crippen LogP contribution in [0.3, 0.4) is 0 Å². The zero-order valence-electron chi connectivity index (χ0n) is 21.3. The minimum atomic E-state index is -2.19. The van der Waals surface area contributed by atoms with Gasteiger partial charge in [0, 0.05) is 5.56 Å². The molecule has 1 aliphatic carbocycles. The Balaban J connectivity index is 1.56. The fourth-order valence-corrected chi connectivity index (χ4v) is 6.52. The number of benzene rings is 2. The summed E-state index contributed by atoms with van der Waals surface area (Å²) in [6, 6.07) is 17.1. The molecule has 3 aliphatic rings. The summed E-state index contributed by atoms with van der Waals surface area (Å²) in [4.78, 5) is 26.8. The van der Waals surface area contributed by atoms with Crippen molar-refractivity contribution in [3.05, 3.63) is 71.3 Å². The van der Waals surface area contributed by atoms with Crippen molar-refractivity contribution < 1.29 is 14.0 Å². The minimum Gasteiger partial charge on any atom is -0.401 e. The lowest BCUT2D eigenvalue weighted by Crippen LogP contribution is -2.51. The van der Waals surface area contributed by atoms with Crippen molar-refractivity contribution in [1.82, 2.24) is 10.0 Å². The van der Waals surface area contributed by atoms with Gasteiger partial charge in [-0.3, -0.25) is 9.59 Å². The summed E-state index contributed by atoms with van der Waals surface area (Å²) in [5.74, 6) is 6.37. The molecule has 2 aromatic carbocycles. The van der Waals surface area contributed by atoms with Gasteiger partial charge >= 0.3 is 0 Å². The number of hydrogen-bond acceptors (Lipinski definition) is 4. The summed E-state index contributed by atoms with van der Waals surface area (Å²) in [7, 11) is -2.19. The Morgan fingerprint density at radius 2 is 1.57 bits per heavy atom. The predicted molar refractivity (Wildman–Crippen MR) is 139 cm³/mol. The molecule has 2 amide bonds. The second-order valence-corrected chi connectivity index (χ2v) is 16.2. The highest BCUT2D eigenvalue weighted by Crippen LogP contribution is 2.57. The average Bonchev–Trinajstić information content (AvgIpc) is 3.44. The van der Waals surface area contributed by atoms with Gasteiger partial charge in [0.25, 0.3) is 11.8 Å². The third-order valence-corrected chi connectivity index (χ3v) is 12.8. The first-order valence-corrected chi connectivity index (χ1v) is 15.5. The van der Waals surface area contributed by atoms with E-state index >= 15 is 0 Å². The third kappa shape index (κ3) is 3.87. The first-order chi connectivity index (χ1) is 16.6. The van der Waals surface area contributed by atoms with Crippen LogP contribution in [0.4, 0.5) is 0 Å². The number of carbonyl (C=O) groups excluding carboxylic acids is 2. The normalized spacial score (nSPS) is 26.5. The fourth-order valence-electron chi connectivity index (χ4n) is 5.31. The molecule has 0 bridgehead atoms. The van der Waals surface area contributed by atoms with Crippen LogP contribution in [0.5, 0.6) is 0 Å². The predicted octanol–water partition coefficient (Wildman–Crippen LogP) is 5.64. The van der Waals surface area contributed by atoms with Crippen molar-refractivity contribution in [3.8, 4) is 11.8 Å². The van der Waals surface area contributed by atoms with Gasteiger partial charge in [0.1, 0.15) is 6.10 Å². The molecule has 2 heterocycles. The Labute approximate surface area is 209 Å². The minimum absolute atomic E-state index is 0.00964. The van der Waals surface area contributed by atoms with Crippen LogP contribution in [-0.2, 0) is 4.43 Å². The molecule has 5 rings (SSSR count). The Morgan fingerprint density at radius 1 is 0.971 bits per heavy atom. The smallest absolute Gasteiger partial charge is 0.276 e. The molecule has 0 radical (unpaired) electrons. The van der Waals surface area contributed by atoms with Gasteiger partial charge in [0.2, 0.25) is 0 Å². The first kappa shape index (κ1) is 24.0. The van der Waals surface area contributed by atoms with Crippen molar-refractivity contribution in [3.63, 3.8) is 0 Å². The number of nitrogens with zero attached hydrogens (tertiary/aromatic N) is 2. The molecule has 2 aliphatic heterocycles. The molecular formula is C29H34N2O3Si. The van der Waals surface area contributed by atoms with Crippen LogP contribution < -0.4 is 0 Å². The van der Waals surface area contributed by atoms with E-state index in [0.29, 0.717) is 11.1 Å². The molecule has 1 saturated heterocycles. The molecule has 0 spiro atoms. The van der Waals surface area contributed by atoms with Crippen LogP contribution in [0.15, 0.2) is 54.6 Å². The van der Waals surface area contributed by atoms with E-state index in [0.717, 1.165) is 31.2 Å². The average molecular weight is 487 g/mol. The van der Waals surface area contributed by atoms with Crippen molar-refractivity contribution in [1.29, 1.82) is 0 Å². The molecule has 6 heteroatoms. The molecule has 4 atom stereocenters. The SMILES string of the molecule is CC(C)(C)[Si](C)(C)OC(C#Cc1ccccc1)C12CCCCC1N2N1C(=O)c2ccccc2C1=O. The van der Waals surface area contributed by atoms with Gasteiger partial charge in [-0.25, -0.2) is 5.01 Å². The lowest BCUT2D eigenvalue weighted by atomic mass is 9.85. The number of fused-ring (bicyclic) bond motifs is 2. The molecule has 2 fully saturated rings. The Bertz CT molecular complexity index is 1190. The third-order valence-electron chi connectivity index (χ3n) is 8.32. The zero-order chi connectivity index (χ0) is 25.0. The highest BCUT2D eigenvalue weighted by molar-refractivity contribution is 6.74. The molecule has 1 saturated carbocycles. The Hall–Kier alpha value is -2.72. The maximum absolute atomic E-state index is 13.4. The largest absolute Gasteiger partial charge is 0.401 e. The second-order valence-electron chi connectivity index (χ2n) is 11.5. The number of hydrogen-bond donors (Lipinski definition) is 0. The molecule has 4 unspecified atom stereocenters. The maximum Gasteiger partial charge on any atom is 0.276 e. The van der Waals surface area contributed by atoms with E-state index in [1.807, 2.05) is 47.5 Å². The monoisotopic (exact) mass is 486 g/mol. The fraction of sp³-hybridized carbons (Fsp3) is 0.448. The van der Waals surface area contributed by atoms with Gasteiger partial charge in [0.05, 0.1) is 22.7 Å². The van der Waals surface area contributed by atoms with Gasteiger partial charge < -0.3 is 4.43 Å². The lowest BCUT2D eigenvalue weighted by Gasteiger charge is -2.41. The summed E-state index contributed by atoms with van der Waals surface area (Å²) < 4.78 is 7.02. The highest BCUT2D eigenvalue weighted by Gasteiger charge is 2.72. The number of amides is 2. The van der Waals surface area contributed by atoms with Crippen LogP contribution in [0, 0.1) is 11.8 Å². The summed E-state index contributed by atoms with van der Waals surface area (Å²) in [6.45, 7) is 11.2. The lowest BCUT2D eigenvalue weighted by molar-refractivity contribution is 0.0204. The van der Waals surface area contributed by atoms with E-state index in [1.54, 1.807) is 12.1 Å². The van der Waals surface area contributed by atoms with Crippen LogP contribution in [0.25, 0.3) is 0 Å². The molecule has 5 nitrogen and oxygen atoms in total. The highest BCUT2D eigenvalue weighted by atomic mass is 28.4. The van der Waals surface area contributed by atoms with E-state index in [9.17, 15) is 9.59 Å². The van der Waals surface area contributed by atoms with Crippen molar-refractivity contribution in [2.24, 2.45) is 0 Å². The van der Waals surface area contributed by atoms with Crippen molar-refractivity contribution >= 4 is 20.1 Å². The molecule has 182 valence electrons. The van der Waals surface area contributed by atoms with Crippen LogP contribution in [-0.4, -0.2) is 47.8 Å². The van der Waals surface area contributed by atoms with Gasteiger partial charge in [-0.05, 0) is 55.2 Å². The first-order valence-electron chi connectivity index (χ1n) is 12.6. The van der Waals surface area contributed by atoms with Crippen LogP contribution >= 0.6 is 0 Å². The van der Waals surface area contributed by atoms with E-state index in [-0.39, 0.29) is 22.9 Å². The quantitative estimate of drug-likeness (QED) is 0.243. The van der Waals surface area contributed by atoms with Crippen LogP contribution in [0.2, 0.25) is 18.1 Å². The van der Waals surface area contributed by atoms with Gasteiger partial charge in [-0.1, -0.05) is 75.8 Å². The molecule has 0 aromatic heterocycles. The standard InChI is InChI=1S/C29H34N2O3Si/c1-28(2,3)35(4,5)34-25(19-18-21-13-7-6-8-14-21)29-20-12-11-17-24(29)31(29)30-26(32)22-15-9-10-16-23(22)27(30)33/h6-10,13-16,24-25H,11-12,17,20H2,1-5H3.